The van der Waals surface area contributed by atoms with E-state index in [1.54, 1.807) is 12.3 Å². The number of rotatable bonds is 3. The second kappa shape index (κ2) is 5.84. The SMILES string of the molecule is CC1(C)OB(C(=Cc2cccnc2C#N)CS)OC1(C)C. The molecule has 0 aromatic carbocycles. The minimum Gasteiger partial charge on any atom is -0.400 e. The molecule has 2 rings (SSSR count). The van der Waals surface area contributed by atoms with Crippen molar-refractivity contribution in [2.24, 2.45) is 0 Å². The molecule has 0 N–H and O–H groups in total. The van der Waals surface area contributed by atoms with E-state index in [4.69, 9.17) is 14.6 Å². The first-order valence-corrected chi connectivity index (χ1v) is 7.46. The van der Waals surface area contributed by atoms with Crippen molar-refractivity contribution >= 4 is 25.8 Å². The number of hydrogen-bond acceptors (Lipinski definition) is 5. The average molecular weight is 302 g/mol. The summed E-state index contributed by atoms with van der Waals surface area (Å²) in [4.78, 5) is 4.06. The van der Waals surface area contributed by atoms with Crippen LogP contribution in [0, 0.1) is 11.3 Å². The minimum absolute atomic E-state index is 0.383. The summed E-state index contributed by atoms with van der Waals surface area (Å²) in [5, 5.41) is 9.11. The Kier molecular flexibility index (Phi) is 4.47. The van der Waals surface area contributed by atoms with Gasteiger partial charge in [0.2, 0.25) is 0 Å². The lowest BCUT2D eigenvalue weighted by atomic mass is 9.78. The number of aromatic nitrogens is 1. The zero-order chi connectivity index (χ0) is 15.7. The third-order valence-corrected chi connectivity index (χ3v) is 4.39. The Morgan fingerprint density at radius 3 is 2.52 bits per heavy atom. The Balaban J connectivity index is 2.34. The van der Waals surface area contributed by atoms with Crippen molar-refractivity contribution in [2.45, 2.75) is 38.9 Å². The van der Waals surface area contributed by atoms with Crippen LogP contribution in [0.15, 0.2) is 23.8 Å². The molecule has 2 heterocycles. The third-order valence-electron chi connectivity index (χ3n) is 4.02. The van der Waals surface area contributed by atoms with Crippen molar-refractivity contribution in [3.63, 3.8) is 0 Å². The van der Waals surface area contributed by atoms with Gasteiger partial charge in [-0.1, -0.05) is 12.1 Å². The van der Waals surface area contributed by atoms with Crippen LogP contribution in [0.1, 0.15) is 39.0 Å². The Labute approximate surface area is 131 Å². The van der Waals surface area contributed by atoms with Crippen LogP contribution in [0.25, 0.3) is 6.08 Å². The fraction of sp³-hybridized carbons (Fsp3) is 0.467. The van der Waals surface area contributed by atoms with Crippen LogP contribution in [0.4, 0.5) is 0 Å². The highest BCUT2D eigenvalue weighted by atomic mass is 32.1. The van der Waals surface area contributed by atoms with Crippen LogP contribution in [0.3, 0.4) is 0 Å². The van der Waals surface area contributed by atoms with E-state index in [1.165, 1.54) is 0 Å². The van der Waals surface area contributed by atoms with Gasteiger partial charge in [-0.3, -0.25) is 0 Å². The molecule has 1 saturated heterocycles. The van der Waals surface area contributed by atoms with E-state index in [9.17, 15) is 0 Å². The summed E-state index contributed by atoms with van der Waals surface area (Å²) in [6, 6.07) is 5.73. The van der Waals surface area contributed by atoms with Crippen molar-refractivity contribution in [1.29, 1.82) is 5.26 Å². The predicted octanol–water partition coefficient (Wildman–Crippen LogP) is 2.90. The molecule has 1 fully saturated rings. The Morgan fingerprint density at radius 1 is 1.38 bits per heavy atom. The molecule has 0 bridgehead atoms. The molecular formula is C15H19BN2O2S. The largest absolute Gasteiger partial charge is 0.491 e. The molecule has 1 aromatic heterocycles. The highest BCUT2D eigenvalue weighted by Crippen LogP contribution is 2.39. The van der Waals surface area contributed by atoms with Gasteiger partial charge in [-0.15, -0.1) is 0 Å². The van der Waals surface area contributed by atoms with Gasteiger partial charge in [0.15, 0.2) is 0 Å². The van der Waals surface area contributed by atoms with Crippen LogP contribution in [-0.4, -0.2) is 29.1 Å². The molecule has 4 nitrogen and oxygen atoms in total. The van der Waals surface area contributed by atoms with Gasteiger partial charge in [0, 0.05) is 17.5 Å². The minimum atomic E-state index is -0.459. The number of nitriles is 1. The highest BCUT2D eigenvalue weighted by molar-refractivity contribution is 7.80. The van der Waals surface area contributed by atoms with Crippen LogP contribution >= 0.6 is 12.6 Å². The van der Waals surface area contributed by atoms with E-state index in [0.29, 0.717) is 11.4 Å². The first-order valence-electron chi connectivity index (χ1n) is 6.83. The summed E-state index contributed by atoms with van der Waals surface area (Å²) < 4.78 is 12.0. The molecule has 1 aromatic rings. The standard InChI is InChI=1S/C15H19BN2O2S/c1-14(2)15(3,4)20-16(19-14)12(10-21)8-11-6-5-7-18-13(11)9-17/h5-8,21H,10H2,1-4H3. The lowest BCUT2D eigenvalue weighted by Crippen LogP contribution is -2.41. The maximum absolute atomic E-state index is 9.11. The van der Waals surface area contributed by atoms with Crippen molar-refractivity contribution in [3.8, 4) is 6.07 Å². The number of hydrogen-bond donors (Lipinski definition) is 1. The fourth-order valence-electron chi connectivity index (χ4n) is 2.01. The van der Waals surface area contributed by atoms with Gasteiger partial charge in [0.25, 0.3) is 0 Å². The van der Waals surface area contributed by atoms with Gasteiger partial charge < -0.3 is 9.31 Å². The molecule has 0 unspecified atom stereocenters. The molecule has 0 amide bonds. The van der Waals surface area contributed by atoms with Gasteiger partial charge in [0.05, 0.1) is 11.2 Å². The number of thiol groups is 1. The average Bonchev–Trinajstić information content (AvgIpc) is 2.65. The first-order chi connectivity index (χ1) is 9.80. The zero-order valence-corrected chi connectivity index (χ0v) is 13.6. The van der Waals surface area contributed by atoms with E-state index in [-0.39, 0.29) is 0 Å². The van der Waals surface area contributed by atoms with E-state index in [2.05, 4.69) is 23.7 Å². The maximum atomic E-state index is 9.11. The fourth-order valence-corrected chi connectivity index (χ4v) is 2.25. The van der Waals surface area contributed by atoms with E-state index >= 15 is 0 Å². The first kappa shape index (κ1) is 16.1. The van der Waals surface area contributed by atoms with Crippen LogP contribution in [0.5, 0.6) is 0 Å². The lowest BCUT2D eigenvalue weighted by molar-refractivity contribution is 0.00578. The summed E-state index contributed by atoms with van der Waals surface area (Å²) in [5.41, 5.74) is 1.22. The second-order valence-electron chi connectivity index (χ2n) is 6.02. The smallest absolute Gasteiger partial charge is 0.400 e. The zero-order valence-electron chi connectivity index (χ0n) is 12.8. The van der Waals surface area contributed by atoms with Crippen LogP contribution in [0.2, 0.25) is 0 Å². The second-order valence-corrected chi connectivity index (χ2v) is 6.33. The summed E-state index contributed by atoms with van der Waals surface area (Å²) in [6.07, 6.45) is 3.48. The van der Waals surface area contributed by atoms with Crippen molar-refractivity contribution in [3.05, 3.63) is 35.1 Å². The lowest BCUT2D eigenvalue weighted by Gasteiger charge is -2.32. The topological polar surface area (TPSA) is 55.1 Å². The van der Waals surface area contributed by atoms with Crippen molar-refractivity contribution in [2.75, 3.05) is 5.75 Å². The molecule has 110 valence electrons. The Hall–Kier alpha value is -1.29. The molecule has 0 saturated carbocycles. The van der Waals surface area contributed by atoms with Gasteiger partial charge in [-0.25, -0.2) is 4.98 Å². The molecular weight excluding hydrogens is 283 g/mol. The van der Waals surface area contributed by atoms with E-state index in [0.717, 1.165) is 11.0 Å². The molecule has 0 atom stereocenters. The summed E-state index contributed by atoms with van der Waals surface area (Å²) in [7, 11) is -0.459. The highest BCUT2D eigenvalue weighted by Gasteiger charge is 2.52. The van der Waals surface area contributed by atoms with Gasteiger partial charge in [-0.05, 0) is 39.2 Å². The molecule has 0 aliphatic carbocycles. The monoisotopic (exact) mass is 302 g/mol. The molecule has 0 spiro atoms. The molecule has 21 heavy (non-hydrogen) atoms. The quantitative estimate of drug-likeness (QED) is 0.689. The normalized spacial score (nSPS) is 20.4. The molecule has 6 heteroatoms. The molecule has 1 aliphatic rings. The van der Waals surface area contributed by atoms with E-state index in [1.807, 2.05) is 39.8 Å². The Morgan fingerprint density at radius 2 is 2.00 bits per heavy atom. The van der Waals surface area contributed by atoms with Crippen LogP contribution < -0.4 is 0 Å². The van der Waals surface area contributed by atoms with Crippen LogP contribution in [-0.2, 0) is 9.31 Å². The third kappa shape index (κ3) is 3.15. The Bertz CT molecular complexity index is 592. The number of pyridine rings is 1. The summed E-state index contributed by atoms with van der Waals surface area (Å²) in [5.74, 6) is 0.483. The number of nitrogens with zero attached hydrogens (tertiary/aromatic N) is 2. The maximum Gasteiger partial charge on any atom is 0.491 e. The summed E-state index contributed by atoms with van der Waals surface area (Å²) in [6.45, 7) is 8.03. The van der Waals surface area contributed by atoms with E-state index < -0.39 is 18.3 Å². The summed E-state index contributed by atoms with van der Waals surface area (Å²) >= 11 is 4.37. The van der Waals surface area contributed by atoms with Gasteiger partial charge in [0.1, 0.15) is 11.8 Å². The molecule has 1 aliphatic heterocycles. The predicted molar refractivity (Wildman–Crippen MR) is 86.9 cm³/mol. The van der Waals surface area contributed by atoms with Crippen molar-refractivity contribution in [1.82, 2.24) is 4.98 Å². The molecule has 0 radical (unpaired) electrons. The van der Waals surface area contributed by atoms with Gasteiger partial charge in [-0.2, -0.15) is 17.9 Å². The van der Waals surface area contributed by atoms with Crippen molar-refractivity contribution < 1.29 is 9.31 Å². The van der Waals surface area contributed by atoms with Gasteiger partial charge >= 0.3 is 7.12 Å².